The molecule has 2 aromatic carbocycles. The Bertz CT molecular complexity index is 828. The van der Waals surface area contributed by atoms with Gasteiger partial charge in [-0.1, -0.05) is 35.9 Å². The average molecular weight is 375 g/mol. The molecule has 7 heteroatoms. The molecule has 0 bridgehead atoms. The molecule has 6 nitrogen and oxygen atoms in total. The highest BCUT2D eigenvalue weighted by Gasteiger charge is 2.15. The van der Waals surface area contributed by atoms with Gasteiger partial charge in [-0.05, 0) is 50.6 Å². The molecular formula is C19H19ClN2O4. The molecule has 0 heterocycles. The molecule has 0 radical (unpaired) electrons. The van der Waals surface area contributed by atoms with Gasteiger partial charge >= 0.3 is 12.1 Å². The van der Waals surface area contributed by atoms with Crippen molar-refractivity contribution in [3.05, 3.63) is 64.7 Å². The van der Waals surface area contributed by atoms with Crippen molar-refractivity contribution < 1.29 is 19.1 Å². The summed E-state index contributed by atoms with van der Waals surface area (Å²) in [4.78, 5) is 23.7. The minimum atomic E-state index is -0.657. The Balaban J connectivity index is 1.99. The van der Waals surface area contributed by atoms with E-state index in [0.717, 1.165) is 0 Å². The number of hydrazone groups is 1. The molecule has 0 spiro atoms. The Hall–Kier alpha value is -2.86. The van der Waals surface area contributed by atoms with Crippen LogP contribution < -0.4 is 10.2 Å². The topological polar surface area (TPSA) is 77.0 Å². The van der Waals surface area contributed by atoms with Gasteiger partial charge in [0.25, 0.3) is 0 Å². The van der Waals surface area contributed by atoms with Gasteiger partial charge in [-0.25, -0.2) is 15.0 Å². The van der Waals surface area contributed by atoms with Gasteiger partial charge in [0.05, 0.1) is 16.8 Å². The summed E-state index contributed by atoms with van der Waals surface area (Å²) in [6.07, 6.45) is 0.756. The summed E-state index contributed by atoms with van der Waals surface area (Å²) < 4.78 is 10.4. The van der Waals surface area contributed by atoms with Gasteiger partial charge in [-0.3, -0.25) is 0 Å². The summed E-state index contributed by atoms with van der Waals surface area (Å²) in [5.74, 6) is -0.229. The average Bonchev–Trinajstić information content (AvgIpc) is 2.54. The van der Waals surface area contributed by atoms with Crippen LogP contribution in [0.4, 0.5) is 4.79 Å². The monoisotopic (exact) mass is 374 g/mol. The lowest BCUT2D eigenvalue weighted by Gasteiger charge is -2.18. The molecular weight excluding hydrogens is 356 g/mol. The quantitative estimate of drug-likeness (QED) is 0.372. The number of benzene rings is 2. The second-order valence-corrected chi connectivity index (χ2v) is 6.72. The van der Waals surface area contributed by atoms with Crippen LogP contribution in [0.2, 0.25) is 5.02 Å². The van der Waals surface area contributed by atoms with Crippen molar-refractivity contribution >= 4 is 29.9 Å². The zero-order chi connectivity index (χ0) is 19.2. The van der Waals surface area contributed by atoms with Crippen molar-refractivity contribution in [2.45, 2.75) is 26.4 Å². The SMILES string of the molecule is CC(C)(C)OC(=O)NN=Cc1cccc(OC(=O)c2ccccc2Cl)c1. The number of hydrogen-bond acceptors (Lipinski definition) is 5. The Labute approximate surface area is 156 Å². The molecule has 0 saturated heterocycles. The van der Waals surface area contributed by atoms with Crippen molar-refractivity contribution in [3.63, 3.8) is 0 Å². The van der Waals surface area contributed by atoms with E-state index < -0.39 is 17.7 Å². The van der Waals surface area contributed by atoms with E-state index >= 15 is 0 Å². The third-order valence-corrected chi connectivity index (χ3v) is 3.26. The predicted molar refractivity (Wildman–Crippen MR) is 99.8 cm³/mol. The molecule has 2 rings (SSSR count). The molecule has 0 aliphatic rings. The van der Waals surface area contributed by atoms with E-state index in [4.69, 9.17) is 21.1 Å². The van der Waals surface area contributed by atoms with Crippen LogP contribution in [0, 0.1) is 0 Å². The van der Waals surface area contributed by atoms with Gasteiger partial charge in [0.1, 0.15) is 11.4 Å². The van der Waals surface area contributed by atoms with Crippen molar-refractivity contribution in [1.29, 1.82) is 0 Å². The standard InChI is InChI=1S/C19H19ClN2O4/c1-19(2,3)26-18(24)22-21-12-13-7-6-8-14(11-13)25-17(23)15-9-4-5-10-16(15)20/h4-12H,1-3H3,(H,22,24). The molecule has 0 atom stereocenters. The zero-order valence-electron chi connectivity index (χ0n) is 14.7. The number of rotatable bonds is 4. The van der Waals surface area contributed by atoms with Crippen molar-refractivity contribution in [3.8, 4) is 5.75 Å². The van der Waals surface area contributed by atoms with E-state index in [2.05, 4.69) is 10.5 Å². The Morgan fingerprint density at radius 1 is 1.12 bits per heavy atom. The third-order valence-electron chi connectivity index (χ3n) is 2.93. The van der Waals surface area contributed by atoms with Crippen LogP contribution in [-0.2, 0) is 4.74 Å². The van der Waals surface area contributed by atoms with Gasteiger partial charge in [0.2, 0.25) is 0 Å². The molecule has 0 fully saturated rings. The van der Waals surface area contributed by atoms with Crippen LogP contribution in [0.1, 0.15) is 36.7 Å². The number of halogens is 1. The summed E-state index contributed by atoms with van der Waals surface area (Å²) >= 11 is 5.99. The summed E-state index contributed by atoms with van der Waals surface area (Å²) in [5.41, 5.74) is 2.57. The molecule has 136 valence electrons. The predicted octanol–water partition coefficient (Wildman–Crippen LogP) is 4.42. The number of carbonyl (C=O) groups excluding carboxylic acids is 2. The molecule has 0 saturated carbocycles. The molecule has 1 N–H and O–H groups in total. The maximum absolute atomic E-state index is 12.2. The zero-order valence-corrected chi connectivity index (χ0v) is 15.4. The summed E-state index contributed by atoms with van der Waals surface area (Å²) in [7, 11) is 0. The lowest BCUT2D eigenvalue weighted by atomic mass is 10.2. The number of hydrogen-bond donors (Lipinski definition) is 1. The van der Waals surface area contributed by atoms with Crippen LogP contribution in [0.3, 0.4) is 0 Å². The van der Waals surface area contributed by atoms with Gasteiger partial charge < -0.3 is 9.47 Å². The van der Waals surface area contributed by atoms with E-state index in [1.807, 2.05) is 0 Å². The van der Waals surface area contributed by atoms with Crippen LogP contribution in [-0.4, -0.2) is 23.9 Å². The first kappa shape index (κ1) is 19.5. The van der Waals surface area contributed by atoms with Crippen LogP contribution >= 0.6 is 11.6 Å². The largest absolute Gasteiger partial charge is 0.443 e. The molecule has 0 unspecified atom stereocenters. The Morgan fingerprint density at radius 3 is 2.54 bits per heavy atom. The lowest BCUT2D eigenvalue weighted by Crippen LogP contribution is -2.29. The summed E-state index contributed by atoms with van der Waals surface area (Å²) in [5, 5.41) is 4.12. The molecule has 0 aromatic heterocycles. The minimum absolute atomic E-state index is 0.278. The third kappa shape index (κ3) is 6.22. The van der Waals surface area contributed by atoms with Crippen molar-refractivity contribution in [2.75, 3.05) is 0 Å². The number of nitrogens with zero attached hydrogens (tertiary/aromatic N) is 1. The second kappa shape index (κ2) is 8.49. The Morgan fingerprint density at radius 2 is 1.85 bits per heavy atom. The highest BCUT2D eigenvalue weighted by Crippen LogP contribution is 2.19. The van der Waals surface area contributed by atoms with E-state index in [0.29, 0.717) is 16.3 Å². The fourth-order valence-electron chi connectivity index (χ4n) is 1.91. The van der Waals surface area contributed by atoms with Crippen LogP contribution in [0.5, 0.6) is 5.75 Å². The number of nitrogens with one attached hydrogen (secondary N) is 1. The first-order valence-corrected chi connectivity index (χ1v) is 8.21. The Kier molecular flexibility index (Phi) is 6.36. The van der Waals surface area contributed by atoms with Crippen LogP contribution in [0.15, 0.2) is 53.6 Å². The first-order valence-electron chi connectivity index (χ1n) is 7.83. The highest BCUT2D eigenvalue weighted by atomic mass is 35.5. The normalized spacial score (nSPS) is 11.2. The first-order chi connectivity index (χ1) is 12.2. The summed E-state index contributed by atoms with van der Waals surface area (Å²) in [6, 6.07) is 13.3. The number of amides is 1. The van der Waals surface area contributed by atoms with Gasteiger partial charge in [-0.15, -0.1) is 0 Å². The lowest BCUT2D eigenvalue weighted by molar-refractivity contribution is 0.0529. The number of esters is 1. The maximum atomic E-state index is 12.2. The smallest absolute Gasteiger partial charge is 0.428 e. The molecule has 1 amide bonds. The fraction of sp³-hybridized carbons (Fsp3) is 0.211. The molecule has 0 aliphatic heterocycles. The number of ether oxygens (including phenoxy) is 2. The summed E-state index contributed by atoms with van der Waals surface area (Å²) in [6.45, 7) is 5.27. The molecule has 2 aromatic rings. The molecule has 0 aliphatic carbocycles. The van der Waals surface area contributed by atoms with Gasteiger partial charge in [-0.2, -0.15) is 5.10 Å². The van der Waals surface area contributed by atoms with E-state index in [9.17, 15) is 9.59 Å². The maximum Gasteiger partial charge on any atom is 0.428 e. The highest BCUT2D eigenvalue weighted by molar-refractivity contribution is 6.33. The van der Waals surface area contributed by atoms with E-state index in [1.165, 1.54) is 6.21 Å². The van der Waals surface area contributed by atoms with Crippen LogP contribution in [0.25, 0.3) is 0 Å². The molecule has 26 heavy (non-hydrogen) atoms. The van der Waals surface area contributed by atoms with Crippen molar-refractivity contribution in [2.24, 2.45) is 5.10 Å². The van der Waals surface area contributed by atoms with Gasteiger partial charge in [0.15, 0.2) is 0 Å². The van der Waals surface area contributed by atoms with Crippen molar-refractivity contribution in [1.82, 2.24) is 5.43 Å². The van der Waals surface area contributed by atoms with Gasteiger partial charge in [0, 0.05) is 0 Å². The second-order valence-electron chi connectivity index (χ2n) is 6.31. The fourth-order valence-corrected chi connectivity index (χ4v) is 2.12. The number of carbonyl (C=O) groups is 2. The van der Waals surface area contributed by atoms with E-state index in [1.54, 1.807) is 69.3 Å². The minimum Gasteiger partial charge on any atom is -0.443 e. The van der Waals surface area contributed by atoms with E-state index in [-0.39, 0.29) is 5.56 Å².